The van der Waals surface area contributed by atoms with Crippen molar-refractivity contribution >= 4 is 34.3 Å². The Hall–Kier alpha value is -2.63. The van der Waals surface area contributed by atoms with Crippen molar-refractivity contribution in [3.05, 3.63) is 30.6 Å². The fraction of sp³-hybridized carbons (Fsp3) is 0.267. The first-order valence-electron chi connectivity index (χ1n) is 6.93. The van der Waals surface area contributed by atoms with Gasteiger partial charge in [0.25, 0.3) is 0 Å². The molecule has 1 aliphatic rings. The number of nitrogens with zero attached hydrogens (tertiary/aromatic N) is 4. The maximum atomic E-state index is 10.8. The summed E-state index contributed by atoms with van der Waals surface area (Å²) in [7, 11) is 0. The van der Waals surface area contributed by atoms with Gasteiger partial charge in [0.1, 0.15) is 17.4 Å². The van der Waals surface area contributed by atoms with Crippen molar-refractivity contribution in [2.24, 2.45) is 0 Å². The molecule has 2 aromatic heterocycles. The first-order chi connectivity index (χ1) is 10.4. The molecule has 106 valence electrons. The number of anilines is 1. The summed E-state index contributed by atoms with van der Waals surface area (Å²) in [6.07, 6.45) is 2.47. The van der Waals surface area contributed by atoms with Crippen LogP contribution in [0, 0.1) is 0 Å². The summed E-state index contributed by atoms with van der Waals surface area (Å²) < 4.78 is 5.94. The van der Waals surface area contributed by atoms with Crippen molar-refractivity contribution in [2.75, 3.05) is 31.1 Å². The highest BCUT2D eigenvalue weighted by Crippen LogP contribution is 2.32. The Bertz CT molecular complexity index is 806. The molecule has 1 fully saturated rings. The molecule has 1 aromatic carbocycles. The third kappa shape index (κ3) is 1.91. The van der Waals surface area contributed by atoms with Crippen molar-refractivity contribution in [2.45, 2.75) is 0 Å². The van der Waals surface area contributed by atoms with E-state index in [9.17, 15) is 4.79 Å². The van der Waals surface area contributed by atoms with Crippen molar-refractivity contribution in [3.8, 4) is 0 Å². The van der Waals surface area contributed by atoms with Crippen LogP contribution >= 0.6 is 0 Å². The first-order valence-corrected chi connectivity index (χ1v) is 6.93. The van der Waals surface area contributed by atoms with Gasteiger partial charge in [0.05, 0.1) is 0 Å². The Morgan fingerprint density at radius 1 is 1.10 bits per heavy atom. The second-order valence-corrected chi connectivity index (χ2v) is 5.10. The van der Waals surface area contributed by atoms with Crippen molar-refractivity contribution in [1.82, 2.24) is 14.9 Å². The summed E-state index contributed by atoms with van der Waals surface area (Å²) in [5, 5.41) is 1.00. The van der Waals surface area contributed by atoms with Gasteiger partial charge in [-0.05, 0) is 12.1 Å². The van der Waals surface area contributed by atoms with E-state index in [1.54, 1.807) is 11.2 Å². The molecule has 0 saturated carbocycles. The van der Waals surface area contributed by atoms with Gasteiger partial charge < -0.3 is 14.2 Å². The van der Waals surface area contributed by atoms with Crippen LogP contribution in [0.5, 0.6) is 0 Å². The molecule has 6 nitrogen and oxygen atoms in total. The van der Waals surface area contributed by atoms with Crippen LogP contribution in [0.4, 0.5) is 5.82 Å². The quantitative estimate of drug-likeness (QED) is 0.669. The van der Waals surface area contributed by atoms with Crippen LogP contribution in [0.25, 0.3) is 22.1 Å². The Morgan fingerprint density at radius 2 is 1.90 bits per heavy atom. The van der Waals surface area contributed by atoms with Crippen molar-refractivity contribution in [3.63, 3.8) is 0 Å². The van der Waals surface area contributed by atoms with E-state index in [0.717, 1.165) is 47.4 Å². The van der Waals surface area contributed by atoms with E-state index in [1.165, 1.54) is 0 Å². The van der Waals surface area contributed by atoms with Gasteiger partial charge in [0.15, 0.2) is 11.4 Å². The van der Waals surface area contributed by atoms with E-state index < -0.39 is 0 Å². The molecule has 0 atom stereocenters. The van der Waals surface area contributed by atoms with Gasteiger partial charge in [-0.2, -0.15) is 0 Å². The molecule has 3 aromatic rings. The molecule has 1 amide bonds. The number of amides is 1. The summed E-state index contributed by atoms with van der Waals surface area (Å²) in [6.45, 7) is 2.91. The standard InChI is InChI=1S/C15H14N4O2/c20-10-18-5-7-19(8-6-18)15-14-13(16-9-17-15)11-3-1-2-4-12(11)21-14/h1-4,9-10H,5-8H2. The van der Waals surface area contributed by atoms with Gasteiger partial charge in [0.2, 0.25) is 6.41 Å². The van der Waals surface area contributed by atoms with Gasteiger partial charge >= 0.3 is 0 Å². The minimum atomic E-state index is 0.704. The van der Waals surface area contributed by atoms with E-state index in [-0.39, 0.29) is 0 Å². The monoisotopic (exact) mass is 282 g/mol. The predicted molar refractivity (Wildman–Crippen MR) is 79.2 cm³/mol. The smallest absolute Gasteiger partial charge is 0.209 e. The first kappa shape index (κ1) is 12.1. The minimum absolute atomic E-state index is 0.704. The summed E-state index contributed by atoms with van der Waals surface area (Å²) in [5.74, 6) is 0.807. The molecule has 0 aliphatic carbocycles. The Labute approximate surface area is 121 Å². The highest BCUT2D eigenvalue weighted by atomic mass is 16.3. The molecule has 1 aliphatic heterocycles. The molecule has 3 heterocycles. The number of hydrogen-bond acceptors (Lipinski definition) is 5. The Morgan fingerprint density at radius 3 is 2.71 bits per heavy atom. The zero-order valence-corrected chi connectivity index (χ0v) is 11.4. The van der Waals surface area contributed by atoms with Gasteiger partial charge in [-0.1, -0.05) is 12.1 Å². The largest absolute Gasteiger partial charge is 0.450 e. The minimum Gasteiger partial charge on any atom is -0.450 e. The summed E-state index contributed by atoms with van der Waals surface area (Å²) in [4.78, 5) is 23.5. The molecule has 1 saturated heterocycles. The normalized spacial score (nSPS) is 15.8. The van der Waals surface area contributed by atoms with Gasteiger partial charge in [-0.3, -0.25) is 4.79 Å². The fourth-order valence-corrected chi connectivity index (χ4v) is 2.78. The zero-order chi connectivity index (χ0) is 14.2. The zero-order valence-electron chi connectivity index (χ0n) is 11.4. The maximum Gasteiger partial charge on any atom is 0.209 e. The third-order valence-corrected chi connectivity index (χ3v) is 3.90. The third-order valence-electron chi connectivity index (χ3n) is 3.90. The molecule has 0 radical (unpaired) electrons. The highest BCUT2D eigenvalue weighted by molar-refractivity contribution is 6.05. The van der Waals surface area contributed by atoms with Gasteiger partial charge in [-0.25, -0.2) is 9.97 Å². The number of aromatic nitrogens is 2. The second-order valence-electron chi connectivity index (χ2n) is 5.10. The average molecular weight is 282 g/mol. The molecular weight excluding hydrogens is 268 g/mol. The van der Waals surface area contributed by atoms with E-state index in [4.69, 9.17) is 4.42 Å². The number of benzene rings is 1. The topological polar surface area (TPSA) is 62.5 Å². The lowest BCUT2D eigenvalue weighted by Gasteiger charge is -2.33. The SMILES string of the molecule is O=CN1CCN(c2ncnc3c2oc2ccccc23)CC1. The second kappa shape index (κ2) is 4.73. The average Bonchev–Trinajstić information content (AvgIpc) is 2.94. The molecular formula is C15H14N4O2. The Kier molecular flexibility index (Phi) is 2.73. The molecule has 0 N–H and O–H groups in total. The summed E-state index contributed by atoms with van der Waals surface area (Å²) in [5.41, 5.74) is 2.38. The van der Waals surface area contributed by atoms with E-state index in [2.05, 4.69) is 14.9 Å². The van der Waals surface area contributed by atoms with Crippen LogP contribution in [0.15, 0.2) is 35.0 Å². The number of hydrogen-bond donors (Lipinski definition) is 0. The van der Waals surface area contributed by atoms with Crippen LogP contribution < -0.4 is 4.90 Å². The highest BCUT2D eigenvalue weighted by Gasteiger charge is 2.21. The predicted octanol–water partition coefficient (Wildman–Crippen LogP) is 1.65. The lowest BCUT2D eigenvalue weighted by atomic mass is 10.2. The molecule has 6 heteroatoms. The molecule has 4 rings (SSSR count). The van der Waals surface area contributed by atoms with Crippen LogP contribution in [0.2, 0.25) is 0 Å². The lowest BCUT2D eigenvalue weighted by Crippen LogP contribution is -2.46. The van der Waals surface area contributed by atoms with Crippen LogP contribution in [0.3, 0.4) is 0 Å². The number of fused-ring (bicyclic) bond motifs is 3. The number of rotatable bonds is 2. The number of piperazine rings is 1. The number of carbonyl (C=O) groups is 1. The summed E-state index contributed by atoms with van der Waals surface area (Å²) in [6, 6.07) is 7.86. The van der Waals surface area contributed by atoms with Gasteiger partial charge in [-0.15, -0.1) is 0 Å². The van der Waals surface area contributed by atoms with Gasteiger partial charge in [0, 0.05) is 31.6 Å². The lowest BCUT2D eigenvalue weighted by molar-refractivity contribution is -0.118. The number of carbonyl (C=O) groups excluding carboxylic acids is 1. The van der Waals surface area contributed by atoms with Crippen LogP contribution in [-0.2, 0) is 4.79 Å². The van der Waals surface area contributed by atoms with E-state index in [0.29, 0.717) is 13.1 Å². The molecule has 21 heavy (non-hydrogen) atoms. The summed E-state index contributed by atoms with van der Waals surface area (Å²) >= 11 is 0. The van der Waals surface area contributed by atoms with Crippen molar-refractivity contribution in [1.29, 1.82) is 0 Å². The van der Waals surface area contributed by atoms with Crippen LogP contribution in [-0.4, -0.2) is 47.5 Å². The van der Waals surface area contributed by atoms with Crippen LogP contribution in [0.1, 0.15) is 0 Å². The molecule has 0 spiro atoms. The van der Waals surface area contributed by atoms with E-state index >= 15 is 0 Å². The maximum absolute atomic E-state index is 10.8. The van der Waals surface area contributed by atoms with E-state index in [1.807, 2.05) is 24.3 Å². The Balaban J connectivity index is 1.80. The number of furan rings is 1. The molecule has 0 bridgehead atoms. The fourth-order valence-electron chi connectivity index (χ4n) is 2.78. The number of para-hydroxylation sites is 1. The molecule has 0 unspecified atom stereocenters. The van der Waals surface area contributed by atoms with Crippen molar-refractivity contribution < 1.29 is 9.21 Å².